The van der Waals surface area contributed by atoms with Crippen molar-refractivity contribution in [2.75, 3.05) is 12.4 Å². The smallest absolute Gasteiger partial charge is 0.406 e. The average molecular weight is 493 g/mol. The quantitative estimate of drug-likeness (QED) is 0.351. The van der Waals surface area contributed by atoms with E-state index in [2.05, 4.69) is 30.4 Å². The van der Waals surface area contributed by atoms with E-state index in [0.717, 1.165) is 39.2 Å². The Bertz CT molecular complexity index is 1510. The zero-order chi connectivity index (χ0) is 25.3. The number of fused-ring (bicyclic) bond motifs is 1. The summed E-state index contributed by atoms with van der Waals surface area (Å²) in [4.78, 5) is 4.52. The van der Waals surface area contributed by atoms with Gasteiger partial charge in [-0.2, -0.15) is 5.10 Å². The molecule has 0 saturated carbocycles. The van der Waals surface area contributed by atoms with Gasteiger partial charge in [0.1, 0.15) is 17.1 Å². The molecule has 11 heteroatoms. The first-order valence-corrected chi connectivity index (χ1v) is 11.1. The van der Waals surface area contributed by atoms with Gasteiger partial charge in [-0.3, -0.25) is 4.68 Å². The van der Waals surface area contributed by atoms with E-state index < -0.39 is 6.36 Å². The largest absolute Gasteiger partial charge is 0.573 e. The van der Waals surface area contributed by atoms with Crippen LogP contribution in [0.4, 0.5) is 19.0 Å². The van der Waals surface area contributed by atoms with Crippen LogP contribution in [-0.4, -0.2) is 43.2 Å². The van der Waals surface area contributed by atoms with Gasteiger partial charge in [-0.15, -0.1) is 18.3 Å². The van der Waals surface area contributed by atoms with E-state index in [-0.39, 0.29) is 5.75 Å². The van der Waals surface area contributed by atoms with E-state index in [4.69, 9.17) is 0 Å². The van der Waals surface area contributed by atoms with Crippen LogP contribution in [-0.2, 0) is 20.0 Å². The van der Waals surface area contributed by atoms with Crippen molar-refractivity contribution in [3.63, 3.8) is 0 Å². The minimum Gasteiger partial charge on any atom is -0.406 e. The Balaban J connectivity index is 1.32. The Kier molecular flexibility index (Phi) is 6.05. The average Bonchev–Trinajstić information content (AvgIpc) is 3.45. The number of rotatable bonds is 7. The highest BCUT2D eigenvalue weighted by molar-refractivity contribution is 5.77. The SMILES string of the molecule is CNc1cc(Cc2cnn(Cc3cccc(-c4ccc(OC(F)(F)F)cc4)c3)c2)c2nnn(C)c2n1. The number of anilines is 1. The van der Waals surface area contributed by atoms with Crippen LogP contribution in [0.25, 0.3) is 22.3 Å². The maximum Gasteiger partial charge on any atom is 0.573 e. The number of hydrogen-bond donors (Lipinski definition) is 1. The third-order valence-electron chi connectivity index (χ3n) is 5.67. The van der Waals surface area contributed by atoms with Gasteiger partial charge >= 0.3 is 6.36 Å². The second-order valence-electron chi connectivity index (χ2n) is 8.30. The topological polar surface area (TPSA) is 82.7 Å². The van der Waals surface area contributed by atoms with Gasteiger partial charge in [-0.05, 0) is 52.1 Å². The van der Waals surface area contributed by atoms with Crippen molar-refractivity contribution in [1.82, 2.24) is 29.8 Å². The molecular formula is C25H22F3N7O. The number of aromatic nitrogens is 6. The summed E-state index contributed by atoms with van der Waals surface area (Å²) in [5.74, 6) is 0.492. The van der Waals surface area contributed by atoms with Crippen LogP contribution in [0, 0.1) is 0 Å². The highest BCUT2D eigenvalue weighted by Gasteiger charge is 2.31. The molecule has 2 aromatic carbocycles. The van der Waals surface area contributed by atoms with Gasteiger partial charge in [-0.25, -0.2) is 9.67 Å². The molecule has 0 amide bonds. The van der Waals surface area contributed by atoms with Gasteiger partial charge in [0.05, 0.1) is 12.7 Å². The normalized spacial score (nSPS) is 11.7. The lowest BCUT2D eigenvalue weighted by molar-refractivity contribution is -0.274. The Morgan fingerprint density at radius 1 is 1.00 bits per heavy atom. The third-order valence-corrected chi connectivity index (χ3v) is 5.67. The number of benzene rings is 2. The minimum atomic E-state index is -4.71. The molecule has 1 N–H and O–H groups in total. The fourth-order valence-corrected chi connectivity index (χ4v) is 4.02. The summed E-state index contributed by atoms with van der Waals surface area (Å²) >= 11 is 0. The molecule has 0 fully saturated rings. The molecule has 0 atom stereocenters. The fraction of sp³-hybridized carbons (Fsp3) is 0.200. The number of halogens is 3. The van der Waals surface area contributed by atoms with Gasteiger partial charge in [0.2, 0.25) is 0 Å². The van der Waals surface area contributed by atoms with E-state index in [1.165, 1.54) is 12.1 Å². The van der Waals surface area contributed by atoms with Crippen LogP contribution in [0.2, 0.25) is 0 Å². The summed E-state index contributed by atoms with van der Waals surface area (Å²) < 4.78 is 44.7. The predicted octanol–water partition coefficient (Wildman–Crippen LogP) is 4.81. The molecular weight excluding hydrogens is 471 g/mol. The van der Waals surface area contributed by atoms with E-state index in [1.54, 1.807) is 16.8 Å². The predicted molar refractivity (Wildman–Crippen MR) is 129 cm³/mol. The van der Waals surface area contributed by atoms with Crippen molar-refractivity contribution in [2.45, 2.75) is 19.3 Å². The molecule has 36 heavy (non-hydrogen) atoms. The third kappa shape index (κ3) is 5.14. The number of hydrogen-bond acceptors (Lipinski definition) is 6. The lowest BCUT2D eigenvalue weighted by Gasteiger charge is -2.10. The lowest BCUT2D eigenvalue weighted by Crippen LogP contribution is -2.16. The van der Waals surface area contributed by atoms with Gasteiger partial charge in [0.15, 0.2) is 5.65 Å². The first-order chi connectivity index (χ1) is 17.3. The van der Waals surface area contributed by atoms with Gasteiger partial charge in [0, 0.05) is 26.7 Å². The summed E-state index contributed by atoms with van der Waals surface area (Å²) in [5.41, 5.74) is 6.17. The van der Waals surface area contributed by atoms with E-state index in [1.807, 2.05) is 61.5 Å². The highest BCUT2D eigenvalue weighted by atomic mass is 19.4. The summed E-state index contributed by atoms with van der Waals surface area (Å²) in [5, 5.41) is 15.9. The Morgan fingerprint density at radius 3 is 2.56 bits per heavy atom. The highest BCUT2D eigenvalue weighted by Crippen LogP contribution is 2.27. The van der Waals surface area contributed by atoms with E-state index >= 15 is 0 Å². The number of aryl methyl sites for hydroxylation is 1. The Hall–Kier alpha value is -4.41. The second kappa shape index (κ2) is 9.33. The van der Waals surface area contributed by atoms with Crippen molar-refractivity contribution >= 4 is 17.0 Å². The van der Waals surface area contributed by atoms with Crippen LogP contribution in [0.5, 0.6) is 5.75 Å². The molecule has 0 radical (unpaired) electrons. The number of nitrogens with zero attached hydrogens (tertiary/aromatic N) is 6. The van der Waals surface area contributed by atoms with Crippen molar-refractivity contribution in [1.29, 1.82) is 0 Å². The zero-order valence-corrected chi connectivity index (χ0v) is 19.5. The first kappa shape index (κ1) is 23.3. The maximum atomic E-state index is 12.4. The van der Waals surface area contributed by atoms with Crippen LogP contribution < -0.4 is 10.1 Å². The van der Waals surface area contributed by atoms with Gasteiger partial charge in [-0.1, -0.05) is 35.5 Å². The first-order valence-electron chi connectivity index (χ1n) is 11.1. The molecule has 3 heterocycles. The van der Waals surface area contributed by atoms with E-state index in [0.29, 0.717) is 18.6 Å². The monoisotopic (exact) mass is 493 g/mol. The summed E-state index contributed by atoms with van der Waals surface area (Å²) in [6, 6.07) is 15.6. The van der Waals surface area contributed by atoms with Crippen molar-refractivity contribution < 1.29 is 17.9 Å². The maximum absolute atomic E-state index is 12.4. The molecule has 0 bridgehead atoms. The zero-order valence-electron chi connectivity index (χ0n) is 19.5. The number of alkyl halides is 3. The molecule has 0 spiro atoms. The fourth-order valence-electron chi connectivity index (χ4n) is 4.02. The van der Waals surface area contributed by atoms with Gasteiger partial charge < -0.3 is 10.1 Å². The molecule has 3 aromatic heterocycles. The standard InChI is InChI=1S/C25H22F3N7O/c1-29-22-12-20(23-24(31-22)34(2)33-32-23)11-17-13-30-35(15-17)14-16-4-3-5-19(10-16)18-6-8-21(9-7-18)36-25(26,27)28/h3-10,12-13,15H,11,14H2,1-2H3,(H,29,31). The Labute approximate surface area is 204 Å². The van der Waals surface area contributed by atoms with Crippen molar-refractivity contribution in [3.05, 3.63) is 83.7 Å². The summed E-state index contributed by atoms with van der Waals surface area (Å²) in [6.07, 6.45) is -0.279. The number of pyridine rings is 1. The van der Waals surface area contributed by atoms with Crippen molar-refractivity contribution in [3.8, 4) is 16.9 Å². The minimum absolute atomic E-state index is 0.249. The molecule has 5 aromatic rings. The molecule has 0 aliphatic rings. The molecule has 0 saturated heterocycles. The number of nitrogens with one attached hydrogen (secondary N) is 1. The van der Waals surface area contributed by atoms with Crippen LogP contribution in [0.15, 0.2) is 67.0 Å². The molecule has 184 valence electrons. The number of ether oxygens (including phenoxy) is 1. The molecule has 0 unspecified atom stereocenters. The van der Waals surface area contributed by atoms with Gasteiger partial charge in [0.25, 0.3) is 0 Å². The Morgan fingerprint density at radius 2 is 1.81 bits per heavy atom. The van der Waals surface area contributed by atoms with Crippen LogP contribution in [0.1, 0.15) is 16.7 Å². The van der Waals surface area contributed by atoms with Crippen molar-refractivity contribution in [2.24, 2.45) is 7.05 Å². The van der Waals surface area contributed by atoms with Crippen LogP contribution in [0.3, 0.4) is 0 Å². The van der Waals surface area contributed by atoms with E-state index in [9.17, 15) is 13.2 Å². The summed E-state index contributed by atoms with van der Waals surface area (Å²) in [7, 11) is 3.63. The molecule has 0 aliphatic carbocycles. The lowest BCUT2D eigenvalue weighted by atomic mass is 10.0. The van der Waals surface area contributed by atoms with Crippen LogP contribution >= 0.6 is 0 Å². The molecule has 0 aliphatic heterocycles. The second-order valence-corrected chi connectivity index (χ2v) is 8.30. The molecule has 5 rings (SSSR count). The molecule has 8 nitrogen and oxygen atoms in total. The summed E-state index contributed by atoms with van der Waals surface area (Å²) in [6.45, 7) is 0.543.